The van der Waals surface area contributed by atoms with Crippen LogP contribution in [0.15, 0.2) is 0 Å². The van der Waals surface area contributed by atoms with Crippen molar-refractivity contribution in [1.82, 2.24) is 17.3 Å². The first-order valence-corrected chi connectivity index (χ1v) is 8.55. The van der Waals surface area contributed by atoms with E-state index in [9.17, 15) is 4.79 Å². The largest absolute Gasteiger partial charge is 0.415 e. The fourth-order valence-electron chi connectivity index (χ4n) is 0.482. The molecule has 10 N–H and O–H groups in total. The molecule has 0 aliphatic rings. The van der Waals surface area contributed by atoms with E-state index < -0.39 is 0 Å². The summed E-state index contributed by atoms with van der Waals surface area (Å²) in [6.07, 6.45) is 0. The average Bonchev–Trinajstić information content (AvgIpc) is 2.57. The molecule has 1 heterocycles. The maximum absolute atomic E-state index is 10.0. The highest BCUT2D eigenvalue weighted by Gasteiger charge is 1.98. The lowest BCUT2D eigenvalue weighted by molar-refractivity contribution is -0.116. The Labute approximate surface area is 173 Å². The van der Waals surface area contributed by atoms with Gasteiger partial charge in [-0.2, -0.15) is 0 Å². The Balaban J connectivity index is -0.0000000651. The second-order valence-corrected chi connectivity index (χ2v) is 7.68. The Morgan fingerprint density at radius 3 is 1.74 bits per heavy atom. The predicted octanol–water partition coefficient (Wildman–Crippen LogP) is 4.96. The Hall–Kier alpha value is 0.0600. The number of rotatable bonds is 1. The Morgan fingerprint density at radius 1 is 1.43 bits per heavy atom. The number of aromatic amines is 1. The zero-order chi connectivity index (χ0) is 17.6. The number of alkyl halides is 1. The molecule has 0 saturated heterocycles. The molecule has 0 aromatic carbocycles. The van der Waals surface area contributed by atoms with E-state index in [-0.39, 0.29) is 27.8 Å². The normalized spacial score (nSPS) is 8.39. The number of ketones is 1. The summed E-state index contributed by atoms with van der Waals surface area (Å²) in [6, 6.07) is 0. The minimum atomic E-state index is -0.315. The molecule has 1 aromatic rings. The van der Waals surface area contributed by atoms with Crippen LogP contribution in [0.4, 0.5) is 0 Å². The summed E-state index contributed by atoms with van der Waals surface area (Å²) in [6.45, 7) is 7.22. The van der Waals surface area contributed by atoms with Gasteiger partial charge in [0.25, 0.3) is 0 Å². The van der Waals surface area contributed by atoms with Gasteiger partial charge in [0.2, 0.25) is 0 Å². The van der Waals surface area contributed by atoms with E-state index >= 15 is 0 Å². The zero-order valence-corrected chi connectivity index (χ0v) is 19.3. The van der Waals surface area contributed by atoms with Crippen LogP contribution in [0.2, 0.25) is 0 Å². The van der Waals surface area contributed by atoms with Crippen molar-refractivity contribution in [3.05, 3.63) is 14.5 Å². The summed E-state index contributed by atoms with van der Waals surface area (Å²) >= 11 is 28.0. The van der Waals surface area contributed by atoms with Crippen LogP contribution < -0.4 is 18.0 Å². The summed E-state index contributed by atoms with van der Waals surface area (Å²) < 4.78 is 2.88. The number of hydrogen-bond donors (Lipinski definition) is 4. The van der Waals surface area contributed by atoms with Crippen molar-refractivity contribution in [1.29, 1.82) is 0 Å². The smallest absolute Gasteiger partial charge is 0.158 e. The van der Waals surface area contributed by atoms with Gasteiger partial charge in [0.05, 0.1) is 5.38 Å². The first-order chi connectivity index (χ1) is 9.49. The van der Waals surface area contributed by atoms with E-state index in [0.29, 0.717) is 0 Å². The number of thiocarbonyl (C=S) groups is 3. The maximum atomic E-state index is 10.0. The van der Waals surface area contributed by atoms with E-state index in [0.717, 1.165) is 3.95 Å². The number of Topliss-reactive ketones (excluding diaryl/α,β-unsaturated/α-hetero) is 1. The zero-order valence-electron chi connectivity index (χ0n) is 13.6. The predicted molar refractivity (Wildman–Crippen MR) is 120 cm³/mol. The molecule has 0 bridgehead atoms. The quantitative estimate of drug-likeness (QED) is 0.266. The van der Waals surface area contributed by atoms with Gasteiger partial charge in [0, 0.05) is 14.9 Å². The Bertz CT molecular complexity index is 496. The minimum Gasteiger partial charge on any atom is -0.415 e. The van der Waals surface area contributed by atoms with Gasteiger partial charge in [-0.25, -0.2) is 0 Å². The molecule has 1 unspecified atom stereocenters. The number of aromatic nitrogens is 1. The number of nitrogens with one attached hydrogen (secondary N) is 1. The third kappa shape index (κ3) is 34.4. The second-order valence-electron chi connectivity index (χ2n) is 3.32. The van der Waals surface area contributed by atoms with E-state index in [1.54, 1.807) is 18.3 Å². The van der Waals surface area contributed by atoms with Crippen LogP contribution in [0.25, 0.3) is 0 Å². The van der Waals surface area contributed by atoms with Crippen molar-refractivity contribution in [2.45, 2.75) is 33.1 Å². The van der Waals surface area contributed by atoms with Crippen LogP contribution >= 0.6 is 71.8 Å². The highest BCUT2D eigenvalue weighted by atomic mass is 35.5. The fraction of sp³-hybridized carbons (Fsp3) is 0.455. The lowest BCUT2D eigenvalue weighted by Crippen LogP contribution is -2.02. The number of quaternary nitrogens is 1. The number of aryl methyl sites for hydroxylation is 2. The summed E-state index contributed by atoms with van der Waals surface area (Å²) in [5.74, 6) is 0.0247. The topological polar surface area (TPSA) is 130 Å². The standard InChI is InChI=1S/C5H7NS2.C4H7ClO.CH3NS2.CS2.2H3N/c1-3-4(2)8-5(7)6-3;1-3(5)4(2)6;2-1(3)4;2-1-3;;/h1-2H3,(H,6,7);3H,1-2H3;(H3,2,3,4);;2*1H3. The summed E-state index contributed by atoms with van der Waals surface area (Å²) in [7, 11) is 0. The molecule has 0 spiro atoms. The van der Waals surface area contributed by atoms with Crippen molar-refractivity contribution in [3.63, 3.8) is 0 Å². The number of carbonyl (C=O) groups is 1. The third-order valence-corrected chi connectivity index (χ3v) is 3.18. The molecule has 0 radical (unpaired) electrons. The molecular formula is C11H23ClN4OS6. The lowest BCUT2D eigenvalue weighted by Gasteiger charge is -1.88. The van der Waals surface area contributed by atoms with Gasteiger partial charge in [-0.3, -0.25) is 4.79 Å². The maximum Gasteiger partial charge on any atom is 0.158 e. The first kappa shape index (κ1) is 34.4. The fourth-order valence-corrected chi connectivity index (χ4v) is 1.70. The number of nitrogens with two attached hydrogens (primary N) is 1. The number of thiazole rings is 1. The number of halogens is 1. The molecule has 0 amide bonds. The average molecular weight is 455 g/mol. The first-order valence-electron chi connectivity index (χ1n) is 5.26. The van der Waals surface area contributed by atoms with Crippen LogP contribution in [0.3, 0.4) is 0 Å². The van der Waals surface area contributed by atoms with E-state index in [1.165, 1.54) is 17.5 Å². The van der Waals surface area contributed by atoms with Crippen molar-refractivity contribution >= 4 is 98.9 Å². The van der Waals surface area contributed by atoms with Crippen molar-refractivity contribution < 1.29 is 4.79 Å². The molecule has 12 heteroatoms. The number of H-pyrrole nitrogens is 1. The monoisotopic (exact) mass is 454 g/mol. The molecular weight excluding hydrogens is 432 g/mol. The second kappa shape index (κ2) is 22.1. The van der Waals surface area contributed by atoms with Crippen LogP contribution in [-0.2, 0) is 17.4 Å². The summed E-state index contributed by atoms with van der Waals surface area (Å²) in [5, 5.41) is -0.315. The molecule has 1 rings (SSSR count). The van der Waals surface area contributed by atoms with E-state index in [2.05, 4.69) is 66.9 Å². The highest BCUT2D eigenvalue weighted by Crippen LogP contribution is 2.11. The van der Waals surface area contributed by atoms with Gasteiger partial charge in [0.1, 0.15) is 5.78 Å². The number of hydrogen-bond acceptors (Lipinski definition) is 8. The van der Waals surface area contributed by atoms with Crippen LogP contribution in [0.1, 0.15) is 24.4 Å². The molecule has 0 saturated carbocycles. The third-order valence-electron chi connectivity index (χ3n) is 1.62. The molecule has 1 aromatic heterocycles. The summed E-state index contributed by atoms with van der Waals surface area (Å²) in [5.41, 5.74) is 5.85. The van der Waals surface area contributed by atoms with Gasteiger partial charge in [-0.05, 0) is 64.3 Å². The van der Waals surface area contributed by atoms with Crippen LogP contribution in [0.5, 0.6) is 0 Å². The lowest BCUT2D eigenvalue weighted by atomic mass is 10.3. The molecule has 136 valence electrons. The molecule has 23 heavy (non-hydrogen) atoms. The molecule has 0 aliphatic heterocycles. The Kier molecular flexibility index (Phi) is 33.0. The van der Waals surface area contributed by atoms with Crippen molar-refractivity contribution in [3.8, 4) is 0 Å². The van der Waals surface area contributed by atoms with Gasteiger partial charge in [0.15, 0.2) is 3.95 Å². The Morgan fingerprint density at radius 2 is 1.70 bits per heavy atom. The van der Waals surface area contributed by atoms with Crippen molar-refractivity contribution in [2.75, 3.05) is 0 Å². The van der Waals surface area contributed by atoms with Crippen LogP contribution in [0, 0.1) is 17.8 Å². The summed E-state index contributed by atoms with van der Waals surface area (Å²) in [4.78, 5) is 14.3. The molecule has 5 nitrogen and oxygen atoms in total. The van der Waals surface area contributed by atoms with Gasteiger partial charge < -0.3 is 47.9 Å². The van der Waals surface area contributed by atoms with Crippen LogP contribution in [-0.4, -0.2) is 24.8 Å². The molecule has 0 aliphatic carbocycles. The molecule has 0 fully saturated rings. The minimum absolute atomic E-state index is 0. The van der Waals surface area contributed by atoms with Crippen molar-refractivity contribution in [2.24, 2.45) is 5.73 Å². The molecule has 1 atom stereocenters. The highest BCUT2D eigenvalue weighted by molar-refractivity contribution is 8.00. The number of carbonyl (C=O) groups excluding carboxylic acids is 1. The van der Waals surface area contributed by atoms with Gasteiger partial charge in [-0.15, -0.1) is 22.9 Å². The van der Waals surface area contributed by atoms with Gasteiger partial charge >= 0.3 is 0 Å². The SMILES string of the molecule is CC(=O)C(C)Cl.Cc1[nH]c(=S)sc1C.N.NC(=S)[S-].S=C=S.[NH4+]. The van der Waals surface area contributed by atoms with E-state index in [1.807, 2.05) is 11.2 Å². The van der Waals surface area contributed by atoms with Gasteiger partial charge in [-0.1, -0.05) is 4.32 Å². The van der Waals surface area contributed by atoms with E-state index in [4.69, 9.17) is 23.8 Å².